The van der Waals surface area contributed by atoms with Crippen LogP contribution in [0.5, 0.6) is 0 Å². The fraction of sp³-hybridized carbons (Fsp3) is 0.273. The zero-order valence-electron chi connectivity index (χ0n) is 10.5. The molecule has 102 valence electrons. The molecule has 0 unspecified atom stereocenters. The average molecular weight is 301 g/mol. The Morgan fingerprint density at radius 3 is 2.74 bits per heavy atom. The van der Waals surface area contributed by atoms with Crippen LogP contribution in [0, 0.1) is 6.92 Å². The second-order valence-corrected chi connectivity index (χ2v) is 6.55. The maximum Gasteiger partial charge on any atom is 0.244 e. The molecule has 0 aliphatic carbocycles. The molecule has 1 heterocycles. The second kappa shape index (κ2) is 5.28. The smallest absolute Gasteiger partial charge is 0.244 e. The highest BCUT2D eigenvalue weighted by molar-refractivity contribution is 7.89. The lowest BCUT2D eigenvalue weighted by Gasteiger charge is -2.16. The van der Waals surface area contributed by atoms with Gasteiger partial charge in [-0.15, -0.1) is 0 Å². The summed E-state index contributed by atoms with van der Waals surface area (Å²) in [4.78, 5) is 3.98. The molecule has 0 radical (unpaired) electrons. The summed E-state index contributed by atoms with van der Waals surface area (Å²) in [6, 6.07) is 4.83. The van der Waals surface area contributed by atoms with Gasteiger partial charge in [0.05, 0.1) is 11.6 Å². The number of hydrogen-bond acceptors (Lipinski definition) is 4. The summed E-state index contributed by atoms with van der Waals surface area (Å²) in [6.45, 7) is 1.95. The summed E-state index contributed by atoms with van der Waals surface area (Å²) < 4.78 is 25.9. The van der Waals surface area contributed by atoms with Crippen molar-refractivity contribution >= 4 is 21.6 Å². The standard InChI is InChI=1S/C11H13ClN4O2S/c1-8-3-4-10(9(12)5-8)19(17,18)16(2)6-11-13-7-14-15-11/h3-5,7H,6H2,1-2H3,(H,13,14,15). The summed E-state index contributed by atoms with van der Waals surface area (Å²) in [7, 11) is -2.18. The van der Waals surface area contributed by atoms with Crippen molar-refractivity contribution < 1.29 is 8.42 Å². The van der Waals surface area contributed by atoms with E-state index in [0.29, 0.717) is 5.82 Å². The number of nitrogens with one attached hydrogen (secondary N) is 1. The first-order valence-corrected chi connectivity index (χ1v) is 7.30. The monoisotopic (exact) mass is 300 g/mol. The van der Waals surface area contributed by atoms with Gasteiger partial charge in [0.25, 0.3) is 0 Å². The number of benzene rings is 1. The molecule has 1 aromatic heterocycles. The Balaban J connectivity index is 2.31. The van der Waals surface area contributed by atoms with Crippen LogP contribution in [0.15, 0.2) is 29.4 Å². The van der Waals surface area contributed by atoms with Gasteiger partial charge in [-0.2, -0.15) is 9.40 Å². The van der Waals surface area contributed by atoms with Gasteiger partial charge >= 0.3 is 0 Å². The largest absolute Gasteiger partial charge is 0.262 e. The van der Waals surface area contributed by atoms with E-state index in [0.717, 1.165) is 5.56 Å². The minimum absolute atomic E-state index is 0.0850. The molecule has 0 bridgehead atoms. The van der Waals surface area contributed by atoms with Gasteiger partial charge in [-0.3, -0.25) is 5.10 Å². The Kier molecular flexibility index (Phi) is 3.88. The first-order chi connectivity index (χ1) is 8.91. The van der Waals surface area contributed by atoms with Crippen molar-refractivity contribution in [1.29, 1.82) is 0 Å². The molecule has 6 nitrogen and oxygen atoms in total. The number of aromatic nitrogens is 3. The summed E-state index contributed by atoms with van der Waals surface area (Å²) >= 11 is 6.00. The van der Waals surface area contributed by atoms with E-state index >= 15 is 0 Å². The van der Waals surface area contributed by atoms with Crippen molar-refractivity contribution in [3.63, 3.8) is 0 Å². The summed E-state index contributed by atoms with van der Waals surface area (Å²) in [5, 5.41) is 6.50. The lowest BCUT2D eigenvalue weighted by molar-refractivity contribution is 0.457. The van der Waals surface area contributed by atoms with E-state index in [1.807, 2.05) is 6.92 Å². The van der Waals surface area contributed by atoms with Gasteiger partial charge in [0.15, 0.2) is 0 Å². The zero-order chi connectivity index (χ0) is 14.0. The molecular weight excluding hydrogens is 288 g/mol. The Labute approximate surface area is 116 Å². The predicted octanol–water partition coefficient (Wildman–Crippen LogP) is 1.59. The third-order valence-corrected chi connectivity index (χ3v) is 4.90. The molecule has 0 spiro atoms. The van der Waals surface area contributed by atoms with E-state index in [-0.39, 0.29) is 16.5 Å². The molecule has 1 aromatic carbocycles. The zero-order valence-corrected chi connectivity index (χ0v) is 12.0. The van der Waals surface area contributed by atoms with Crippen molar-refractivity contribution in [3.8, 4) is 0 Å². The van der Waals surface area contributed by atoms with Crippen molar-refractivity contribution in [2.75, 3.05) is 7.05 Å². The third kappa shape index (κ3) is 2.94. The van der Waals surface area contributed by atoms with Gasteiger partial charge in [-0.1, -0.05) is 17.7 Å². The van der Waals surface area contributed by atoms with E-state index in [1.165, 1.54) is 23.7 Å². The second-order valence-electron chi connectivity index (χ2n) is 4.13. The van der Waals surface area contributed by atoms with Gasteiger partial charge in [-0.05, 0) is 24.6 Å². The van der Waals surface area contributed by atoms with Gasteiger partial charge in [0, 0.05) is 7.05 Å². The number of rotatable bonds is 4. The molecule has 0 saturated heterocycles. The van der Waals surface area contributed by atoms with Gasteiger partial charge < -0.3 is 0 Å². The molecule has 2 rings (SSSR count). The quantitative estimate of drug-likeness (QED) is 0.930. The van der Waals surface area contributed by atoms with Crippen LogP contribution in [0.4, 0.5) is 0 Å². The predicted molar refractivity (Wildman–Crippen MR) is 71.2 cm³/mol. The van der Waals surface area contributed by atoms with E-state index in [9.17, 15) is 8.42 Å². The van der Waals surface area contributed by atoms with E-state index < -0.39 is 10.0 Å². The number of sulfonamides is 1. The molecular formula is C11H13ClN4O2S. The van der Waals surface area contributed by atoms with E-state index in [1.54, 1.807) is 12.1 Å². The van der Waals surface area contributed by atoms with Crippen LogP contribution in [0.25, 0.3) is 0 Å². The van der Waals surface area contributed by atoms with Crippen molar-refractivity contribution in [3.05, 3.63) is 40.9 Å². The number of halogens is 1. The highest BCUT2D eigenvalue weighted by Crippen LogP contribution is 2.25. The topological polar surface area (TPSA) is 79.0 Å². The van der Waals surface area contributed by atoms with Crippen molar-refractivity contribution in [1.82, 2.24) is 19.5 Å². The SMILES string of the molecule is Cc1ccc(S(=O)(=O)N(C)Cc2ncn[nH]2)c(Cl)c1. The number of aromatic amines is 1. The molecule has 1 N–H and O–H groups in total. The minimum Gasteiger partial charge on any atom is -0.262 e. The molecule has 0 amide bonds. The fourth-order valence-corrected chi connectivity index (χ4v) is 3.29. The van der Waals surface area contributed by atoms with Crippen LogP contribution >= 0.6 is 11.6 Å². The first kappa shape index (κ1) is 14.0. The Bertz CT molecular complexity index is 670. The van der Waals surface area contributed by atoms with Gasteiger partial charge in [0.2, 0.25) is 10.0 Å². The number of hydrogen-bond donors (Lipinski definition) is 1. The molecule has 8 heteroatoms. The Morgan fingerprint density at radius 2 is 2.16 bits per heavy atom. The summed E-state index contributed by atoms with van der Waals surface area (Å²) in [5.41, 5.74) is 0.904. The highest BCUT2D eigenvalue weighted by Gasteiger charge is 2.24. The lowest BCUT2D eigenvalue weighted by Crippen LogP contribution is -2.27. The highest BCUT2D eigenvalue weighted by atomic mass is 35.5. The molecule has 2 aromatic rings. The Morgan fingerprint density at radius 1 is 1.42 bits per heavy atom. The molecule has 0 aliphatic rings. The van der Waals surface area contributed by atoms with Crippen LogP contribution in [-0.4, -0.2) is 35.0 Å². The average Bonchev–Trinajstić information content (AvgIpc) is 2.81. The third-order valence-electron chi connectivity index (χ3n) is 2.61. The molecule has 19 heavy (non-hydrogen) atoms. The lowest BCUT2D eigenvalue weighted by atomic mass is 10.2. The summed E-state index contributed by atoms with van der Waals surface area (Å²) in [6.07, 6.45) is 1.33. The maximum atomic E-state index is 12.4. The molecule has 0 aliphatic heterocycles. The van der Waals surface area contributed by atoms with Crippen molar-refractivity contribution in [2.24, 2.45) is 0 Å². The van der Waals surface area contributed by atoms with Crippen LogP contribution in [0.3, 0.4) is 0 Å². The molecule has 0 atom stereocenters. The number of aryl methyl sites for hydroxylation is 1. The fourth-order valence-electron chi connectivity index (χ4n) is 1.59. The van der Waals surface area contributed by atoms with Crippen molar-refractivity contribution in [2.45, 2.75) is 18.4 Å². The number of H-pyrrole nitrogens is 1. The normalized spacial score (nSPS) is 12.0. The first-order valence-electron chi connectivity index (χ1n) is 5.48. The van der Waals surface area contributed by atoms with Crippen LogP contribution < -0.4 is 0 Å². The van der Waals surface area contributed by atoms with Crippen LogP contribution in [0.2, 0.25) is 5.02 Å². The van der Waals surface area contributed by atoms with Gasteiger partial charge in [0.1, 0.15) is 17.0 Å². The summed E-state index contributed by atoms with van der Waals surface area (Å²) in [5.74, 6) is 0.467. The van der Waals surface area contributed by atoms with E-state index in [2.05, 4.69) is 15.2 Å². The Hall–Kier alpha value is -1.44. The minimum atomic E-state index is -3.65. The van der Waals surface area contributed by atoms with Crippen LogP contribution in [0.1, 0.15) is 11.4 Å². The maximum absolute atomic E-state index is 12.4. The van der Waals surface area contributed by atoms with E-state index in [4.69, 9.17) is 11.6 Å². The molecule has 0 fully saturated rings. The van der Waals surface area contributed by atoms with Crippen LogP contribution in [-0.2, 0) is 16.6 Å². The number of nitrogens with zero attached hydrogens (tertiary/aromatic N) is 3. The molecule has 0 saturated carbocycles. The van der Waals surface area contributed by atoms with Gasteiger partial charge in [-0.25, -0.2) is 13.4 Å².